The SMILES string of the molecule is CCCC/C=C\CCCCCCCC(=O)OCC(COC(=O)CCCCCCCCCCCCCCCCCCCCCCCCCCCCCCCCCCCC)OC(=O)CCCCCCCCCCCCCCCCCC. The molecule has 0 aromatic rings. The lowest BCUT2D eigenvalue weighted by molar-refractivity contribution is -0.167. The maximum Gasteiger partial charge on any atom is 0.306 e. The lowest BCUT2D eigenvalue weighted by Gasteiger charge is -2.18. The van der Waals surface area contributed by atoms with E-state index in [9.17, 15) is 14.4 Å². The van der Waals surface area contributed by atoms with Crippen molar-refractivity contribution in [3.05, 3.63) is 12.2 Å². The highest BCUT2D eigenvalue weighted by Gasteiger charge is 2.19. The van der Waals surface area contributed by atoms with Gasteiger partial charge in [0.15, 0.2) is 6.10 Å². The van der Waals surface area contributed by atoms with Crippen molar-refractivity contribution >= 4 is 17.9 Å². The van der Waals surface area contributed by atoms with Gasteiger partial charge < -0.3 is 14.2 Å². The van der Waals surface area contributed by atoms with E-state index in [1.807, 2.05) is 0 Å². The van der Waals surface area contributed by atoms with Crippen molar-refractivity contribution < 1.29 is 28.6 Å². The van der Waals surface area contributed by atoms with Crippen LogP contribution in [0.4, 0.5) is 0 Å². The summed E-state index contributed by atoms with van der Waals surface area (Å²) in [6.45, 7) is 6.68. The highest BCUT2D eigenvalue weighted by molar-refractivity contribution is 5.71. The number of carbonyl (C=O) groups is 3. The Kier molecular flexibility index (Phi) is 67.0. The number of carbonyl (C=O) groups excluding carboxylic acids is 3. The molecule has 0 saturated heterocycles. The van der Waals surface area contributed by atoms with E-state index >= 15 is 0 Å². The summed E-state index contributed by atoms with van der Waals surface area (Å²) in [5.41, 5.74) is 0. The quantitative estimate of drug-likeness (QED) is 0.0261. The smallest absolute Gasteiger partial charge is 0.306 e. The van der Waals surface area contributed by atoms with Crippen LogP contribution in [0.1, 0.15) is 419 Å². The molecule has 1 atom stereocenters. The lowest BCUT2D eigenvalue weighted by atomic mass is 10.0. The van der Waals surface area contributed by atoms with Gasteiger partial charge in [-0.25, -0.2) is 0 Å². The van der Waals surface area contributed by atoms with Gasteiger partial charge in [-0.1, -0.05) is 373 Å². The molecule has 0 heterocycles. The van der Waals surface area contributed by atoms with E-state index in [0.29, 0.717) is 19.3 Å². The Morgan fingerprint density at radius 2 is 0.430 bits per heavy atom. The fourth-order valence-electron chi connectivity index (χ4n) is 11.3. The van der Waals surface area contributed by atoms with Gasteiger partial charge in [0.25, 0.3) is 0 Å². The number of allylic oxidation sites excluding steroid dienone is 2. The standard InChI is InChI=1S/C73H140O6/c1-4-7-10-13-16-19-22-24-26-28-29-30-31-32-33-34-35-36-37-38-39-40-41-42-43-44-45-47-48-51-54-57-60-63-66-72(75)78-69-70(68-77-71(74)65-62-59-56-53-50-21-18-15-12-9-6-3)79-73(76)67-64-61-58-55-52-49-46-27-25-23-20-17-14-11-8-5-2/h15,18,70H,4-14,16-17,19-69H2,1-3H3/b18-15-. The predicted molar refractivity (Wildman–Crippen MR) is 344 cm³/mol. The molecule has 0 fully saturated rings. The number of esters is 3. The van der Waals surface area contributed by atoms with Crippen molar-refractivity contribution in [3.63, 3.8) is 0 Å². The maximum absolute atomic E-state index is 12.9. The Hall–Kier alpha value is -1.85. The lowest BCUT2D eigenvalue weighted by Crippen LogP contribution is -2.30. The van der Waals surface area contributed by atoms with E-state index in [4.69, 9.17) is 14.2 Å². The molecular weight excluding hydrogens is 973 g/mol. The third kappa shape index (κ3) is 66.8. The number of ether oxygens (including phenoxy) is 3. The van der Waals surface area contributed by atoms with Crippen LogP contribution in [0, 0.1) is 0 Å². The highest BCUT2D eigenvalue weighted by Crippen LogP contribution is 2.19. The maximum atomic E-state index is 12.9. The minimum atomic E-state index is -0.769. The van der Waals surface area contributed by atoms with Crippen LogP contribution in [-0.4, -0.2) is 37.2 Å². The van der Waals surface area contributed by atoms with E-state index in [1.54, 1.807) is 0 Å². The van der Waals surface area contributed by atoms with Crippen LogP contribution < -0.4 is 0 Å². The van der Waals surface area contributed by atoms with Crippen molar-refractivity contribution in [2.45, 2.75) is 425 Å². The minimum absolute atomic E-state index is 0.0661. The van der Waals surface area contributed by atoms with Crippen molar-refractivity contribution in [2.24, 2.45) is 0 Å². The molecule has 0 aliphatic rings. The molecule has 0 aromatic carbocycles. The summed E-state index contributed by atoms with van der Waals surface area (Å²) >= 11 is 0. The molecule has 0 aliphatic carbocycles. The summed E-state index contributed by atoms with van der Waals surface area (Å²) < 4.78 is 16.9. The van der Waals surface area contributed by atoms with Gasteiger partial charge in [0.05, 0.1) is 0 Å². The van der Waals surface area contributed by atoms with Crippen LogP contribution in [0.5, 0.6) is 0 Å². The van der Waals surface area contributed by atoms with Crippen LogP contribution in [0.3, 0.4) is 0 Å². The van der Waals surface area contributed by atoms with Gasteiger partial charge in [-0.05, 0) is 38.5 Å². The largest absolute Gasteiger partial charge is 0.462 e. The molecule has 6 heteroatoms. The Morgan fingerprint density at radius 1 is 0.241 bits per heavy atom. The molecule has 0 aromatic heterocycles. The van der Waals surface area contributed by atoms with E-state index in [0.717, 1.165) is 64.2 Å². The Morgan fingerprint density at radius 3 is 0.671 bits per heavy atom. The molecule has 1 unspecified atom stereocenters. The molecule has 0 amide bonds. The van der Waals surface area contributed by atoms with E-state index in [1.165, 1.54) is 315 Å². The summed E-state index contributed by atoms with van der Waals surface area (Å²) in [5.74, 6) is -0.845. The van der Waals surface area contributed by atoms with Crippen molar-refractivity contribution in [1.82, 2.24) is 0 Å². The molecule has 0 spiro atoms. The highest BCUT2D eigenvalue weighted by atomic mass is 16.6. The van der Waals surface area contributed by atoms with Crippen molar-refractivity contribution in [2.75, 3.05) is 13.2 Å². The molecule has 0 saturated carbocycles. The van der Waals surface area contributed by atoms with Gasteiger partial charge in [-0.15, -0.1) is 0 Å². The molecule has 0 radical (unpaired) electrons. The molecule has 0 bridgehead atoms. The zero-order valence-electron chi connectivity index (χ0n) is 53.9. The fourth-order valence-corrected chi connectivity index (χ4v) is 11.3. The average Bonchev–Trinajstić information content (AvgIpc) is 3.45. The van der Waals surface area contributed by atoms with Gasteiger partial charge in [0.2, 0.25) is 0 Å². The normalized spacial score (nSPS) is 12.0. The summed E-state index contributed by atoms with van der Waals surface area (Å²) in [6.07, 6.45) is 82.8. The van der Waals surface area contributed by atoms with E-state index < -0.39 is 6.10 Å². The van der Waals surface area contributed by atoms with Gasteiger partial charge in [0, 0.05) is 19.3 Å². The molecule has 468 valence electrons. The predicted octanol–water partition coefficient (Wildman–Crippen LogP) is 24.8. The third-order valence-electron chi connectivity index (χ3n) is 16.8. The van der Waals surface area contributed by atoms with Crippen LogP contribution >= 0.6 is 0 Å². The second kappa shape index (κ2) is 68.6. The zero-order valence-corrected chi connectivity index (χ0v) is 53.9. The van der Waals surface area contributed by atoms with Gasteiger partial charge in [0.1, 0.15) is 13.2 Å². The Bertz CT molecular complexity index is 1230. The molecule has 6 nitrogen and oxygen atoms in total. The van der Waals surface area contributed by atoms with E-state index in [-0.39, 0.29) is 31.1 Å². The van der Waals surface area contributed by atoms with Gasteiger partial charge in [-0.2, -0.15) is 0 Å². The molecular formula is C73H140O6. The first-order valence-electron chi connectivity index (χ1n) is 36.2. The molecule has 0 N–H and O–H groups in total. The summed E-state index contributed by atoms with van der Waals surface area (Å²) in [4.78, 5) is 38.3. The Balaban J connectivity index is 4.00. The average molecular weight is 1110 g/mol. The zero-order chi connectivity index (χ0) is 57.1. The number of hydrogen-bond donors (Lipinski definition) is 0. The monoisotopic (exact) mass is 1110 g/mol. The van der Waals surface area contributed by atoms with E-state index in [2.05, 4.69) is 32.9 Å². The van der Waals surface area contributed by atoms with Gasteiger partial charge in [-0.3, -0.25) is 14.4 Å². The summed E-state index contributed by atoms with van der Waals surface area (Å²) in [5, 5.41) is 0. The first-order valence-corrected chi connectivity index (χ1v) is 36.2. The second-order valence-electron chi connectivity index (χ2n) is 24.9. The second-order valence-corrected chi connectivity index (χ2v) is 24.9. The first kappa shape index (κ1) is 77.2. The van der Waals surface area contributed by atoms with Crippen LogP contribution in [0.25, 0.3) is 0 Å². The molecule has 0 aliphatic heterocycles. The van der Waals surface area contributed by atoms with Gasteiger partial charge >= 0.3 is 17.9 Å². The first-order chi connectivity index (χ1) is 39.0. The summed E-state index contributed by atoms with van der Waals surface area (Å²) in [6, 6.07) is 0. The Labute approximate surface area is 494 Å². The van der Waals surface area contributed by atoms with Crippen LogP contribution in [-0.2, 0) is 28.6 Å². The summed E-state index contributed by atoms with van der Waals surface area (Å²) in [7, 11) is 0. The third-order valence-corrected chi connectivity index (χ3v) is 16.8. The van der Waals surface area contributed by atoms with Crippen molar-refractivity contribution in [1.29, 1.82) is 0 Å². The fraction of sp³-hybridized carbons (Fsp3) is 0.932. The molecule has 79 heavy (non-hydrogen) atoms. The van der Waals surface area contributed by atoms with Crippen molar-refractivity contribution in [3.8, 4) is 0 Å². The number of hydrogen-bond acceptors (Lipinski definition) is 6. The number of unbranched alkanes of at least 4 members (excludes halogenated alkanes) is 55. The topological polar surface area (TPSA) is 78.9 Å². The van der Waals surface area contributed by atoms with Crippen LogP contribution in [0.15, 0.2) is 12.2 Å². The van der Waals surface area contributed by atoms with Crippen LogP contribution in [0.2, 0.25) is 0 Å². The number of rotatable bonds is 68. The molecule has 0 rings (SSSR count). The minimum Gasteiger partial charge on any atom is -0.462 e.